The Kier molecular flexibility index (Phi) is 4.21. The van der Waals surface area contributed by atoms with Crippen molar-refractivity contribution in [1.29, 1.82) is 0 Å². The van der Waals surface area contributed by atoms with E-state index in [1.54, 1.807) is 13.2 Å². The zero-order valence-electron chi connectivity index (χ0n) is 14.4. The molecule has 4 heteroatoms. The fourth-order valence-corrected chi connectivity index (χ4v) is 2.70. The maximum atomic E-state index is 12.7. The Morgan fingerprint density at radius 3 is 2.08 bits per heavy atom. The van der Waals surface area contributed by atoms with E-state index in [2.05, 4.69) is 5.10 Å². The first kappa shape index (κ1) is 16.0. The molecule has 0 saturated heterocycles. The zero-order valence-corrected chi connectivity index (χ0v) is 14.4. The molecule has 24 heavy (non-hydrogen) atoms. The minimum Gasteiger partial charge on any atom is -0.378 e. The molecule has 2 aromatic carbocycles. The van der Waals surface area contributed by atoms with Gasteiger partial charge in [-0.2, -0.15) is 5.10 Å². The van der Waals surface area contributed by atoms with E-state index in [1.807, 2.05) is 74.4 Å². The molecule has 122 valence electrons. The first-order chi connectivity index (χ1) is 11.5. The first-order valence-corrected chi connectivity index (χ1v) is 7.88. The van der Waals surface area contributed by atoms with E-state index >= 15 is 0 Å². The summed E-state index contributed by atoms with van der Waals surface area (Å²) in [5, 5.41) is 4.21. The highest BCUT2D eigenvalue weighted by atomic mass is 16.1. The number of aromatic nitrogens is 2. The SMILES string of the molecule is Cc1ccc(-c2c(-c3ccc(N(C)C)cc3)cnn(C)c2=O)cc1. The Hall–Kier alpha value is -2.88. The van der Waals surface area contributed by atoms with Crippen LogP contribution in [0.3, 0.4) is 0 Å². The molecular weight excluding hydrogens is 298 g/mol. The molecular formula is C20H21N3O. The molecule has 0 N–H and O–H groups in total. The van der Waals surface area contributed by atoms with Gasteiger partial charge in [0.05, 0.1) is 11.8 Å². The van der Waals surface area contributed by atoms with Gasteiger partial charge in [0.1, 0.15) is 0 Å². The lowest BCUT2D eigenvalue weighted by atomic mass is 9.96. The summed E-state index contributed by atoms with van der Waals surface area (Å²) < 4.78 is 1.38. The Morgan fingerprint density at radius 1 is 0.917 bits per heavy atom. The number of hydrogen-bond donors (Lipinski definition) is 0. The Morgan fingerprint density at radius 2 is 1.50 bits per heavy atom. The highest BCUT2D eigenvalue weighted by molar-refractivity contribution is 5.82. The topological polar surface area (TPSA) is 38.1 Å². The van der Waals surface area contributed by atoms with Crippen LogP contribution in [0.5, 0.6) is 0 Å². The Balaban J connectivity index is 2.19. The predicted molar refractivity (Wildman–Crippen MR) is 99.4 cm³/mol. The van der Waals surface area contributed by atoms with Crippen molar-refractivity contribution in [3.05, 3.63) is 70.6 Å². The lowest BCUT2D eigenvalue weighted by Crippen LogP contribution is -2.21. The highest BCUT2D eigenvalue weighted by Crippen LogP contribution is 2.30. The molecule has 0 atom stereocenters. The van der Waals surface area contributed by atoms with E-state index < -0.39 is 0 Å². The van der Waals surface area contributed by atoms with E-state index in [1.165, 1.54) is 10.2 Å². The van der Waals surface area contributed by atoms with Crippen molar-refractivity contribution >= 4 is 5.69 Å². The van der Waals surface area contributed by atoms with Crippen molar-refractivity contribution in [2.45, 2.75) is 6.92 Å². The van der Waals surface area contributed by atoms with Gasteiger partial charge in [0, 0.05) is 32.4 Å². The molecule has 0 amide bonds. The summed E-state index contributed by atoms with van der Waals surface area (Å²) in [4.78, 5) is 14.8. The number of aryl methyl sites for hydroxylation is 2. The fraction of sp³-hybridized carbons (Fsp3) is 0.200. The molecule has 0 spiro atoms. The molecule has 3 rings (SSSR count). The van der Waals surface area contributed by atoms with Crippen molar-refractivity contribution < 1.29 is 0 Å². The Bertz CT molecular complexity index is 907. The molecule has 4 nitrogen and oxygen atoms in total. The lowest BCUT2D eigenvalue weighted by molar-refractivity contribution is 0.711. The maximum absolute atomic E-state index is 12.7. The van der Waals surface area contributed by atoms with Crippen LogP contribution in [0, 0.1) is 6.92 Å². The van der Waals surface area contributed by atoms with Crippen LogP contribution in [-0.4, -0.2) is 23.9 Å². The lowest BCUT2D eigenvalue weighted by Gasteiger charge is -2.14. The monoisotopic (exact) mass is 319 g/mol. The zero-order chi connectivity index (χ0) is 17.3. The summed E-state index contributed by atoms with van der Waals surface area (Å²) >= 11 is 0. The van der Waals surface area contributed by atoms with Gasteiger partial charge in [0.2, 0.25) is 0 Å². The summed E-state index contributed by atoms with van der Waals surface area (Å²) in [5.74, 6) is 0. The average Bonchev–Trinajstić information content (AvgIpc) is 2.58. The van der Waals surface area contributed by atoms with Crippen molar-refractivity contribution in [2.24, 2.45) is 7.05 Å². The summed E-state index contributed by atoms with van der Waals surface area (Å²) in [5.41, 5.74) is 5.64. The van der Waals surface area contributed by atoms with Gasteiger partial charge in [-0.1, -0.05) is 42.0 Å². The van der Waals surface area contributed by atoms with Gasteiger partial charge in [0.25, 0.3) is 5.56 Å². The van der Waals surface area contributed by atoms with Crippen LogP contribution in [0.1, 0.15) is 5.56 Å². The first-order valence-electron chi connectivity index (χ1n) is 7.88. The molecule has 0 aliphatic heterocycles. The number of hydrogen-bond acceptors (Lipinski definition) is 3. The second-order valence-electron chi connectivity index (χ2n) is 6.17. The smallest absolute Gasteiger partial charge is 0.274 e. The van der Waals surface area contributed by atoms with Crippen LogP contribution in [-0.2, 0) is 7.05 Å². The summed E-state index contributed by atoms with van der Waals surface area (Å²) in [7, 11) is 5.69. The minimum atomic E-state index is -0.0898. The van der Waals surface area contributed by atoms with Crippen molar-refractivity contribution in [3.8, 4) is 22.3 Å². The summed E-state index contributed by atoms with van der Waals surface area (Å²) in [6.07, 6.45) is 1.77. The van der Waals surface area contributed by atoms with Crippen LogP contribution in [0.25, 0.3) is 22.3 Å². The van der Waals surface area contributed by atoms with E-state index in [4.69, 9.17) is 0 Å². The van der Waals surface area contributed by atoms with Gasteiger partial charge in [-0.05, 0) is 30.2 Å². The van der Waals surface area contributed by atoms with Crippen LogP contribution in [0.4, 0.5) is 5.69 Å². The predicted octanol–water partition coefficient (Wildman–Crippen LogP) is 3.49. The van der Waals surface area contributed by atoms with Crippen LogP contribution in [0.15, 0.2) is 59.5 Å². The van der Waals surface area contributed by atoms with E-state index in [-0.39, 0.29) is 5.56 Å². The van der Waals surface area contributed by atoms with Crippen LogP contribution >= 0.6 is 0 Å². The third-order valence-corrected chi connectivity index (χ3v) is 4.17. The fourth-order valence-electron chi connectivity index (χ4n) is 2.70. The molecule has 1 heterocycles. The van der Waals surface area contributed by atoms with Gasteiger partial charge < -0.3 is 4.90 Å². The molecule has 0 fully saturated rings. The maximum Gasteiger partial charge on any atom is 0.274 e. The quantitative estimate of drug-likeness (QED) is 0.742. The summed E-state index contributed by atoms with van der Waals surface area (Å²) in [6, 6.07) is 16.2. The molecule has 3 aromatic rings. The van der Waals surface area contributed by atoms with Crippen molar-refractivity contribution in [3.63, 3.8) is 0 Å². The Labute approximate surface area is 142 Å². The van der Waals surface area contributed by atoms with Gasteiger partial charge in [-0.15, -0.1) is 0 Å². The molecule has 0 aliphatic rings. The van der Waals surface area contributed by atoms with Crippen LogP contribution in [0.2, 0.25) is 0 Å². The van der Waals surface area contributed by atoms with E-state index in [9.17, 15) is 4.79 Å². The van der Waals surface area contributed by atoms with Gasteiger partial charge in [-0.25, -0.2) is 4.68 Å². The van der Waals surface area contributed by atoms with E-state index in [0.29, 0.717) is 5.56 Å². The second kappa shape index (κ2) is 6.32. The third kappa shape index (κ3) is 2.95. The summed E-state index contributed by atoms with van der Waals surface area (Å²) in [6.45, 7) is 2.04. The second-order valence-corrected chi connectivity index (χ2v) is 6.17. The van der Waals surface area contributed by atoms with Crippen LogP contribution < -0.4 is 10.5 Å². The molecule has 1 aromatic heterocycles. The largest absolute Gasteiger partial charge is 0.378 e. The normalized spacial score (nSPS) is 10.7. The number of nitrogens with zero attached hydrogens (tertiary/aromatic N) is 3. The van der Waals surface area contributed by atoms with Crippen molar-refractivity contribution in [2.75, 3.05) is 19.0 Å². The third-order valence-electron chi connectivity index (χ3n) is 4.17. The van der Waals surface area contributed by atoms with Gasteiger partial charge in [0.15, 0.2) is 0 Å². The van der Waals surface area contributed by atoms with E-state index in [0.717, 1.165) is 22.4 Å². The number of rotatable bonds is 3. The highest BCUT2D eigenvalue weighted by Gasteiger charge is 2.14. The molecule has 0 bridgehead atoms. The number of benzene rings is 2. The minimum absolute atomic E-state index is 0.0898. The number of anilines is 1. The molecule has 0 unspecified atom stereocenters. The van der Waals surface area contributed by atoms with Crippen molar-refractivity contribution in [1.82, 2.24) is 9.78 Å². The van der Waals surface area contributed by atoms with Gasteiger partial charge >= 0.3 is 0 Å². The standard InChI is InChI=1S/C20H21N3O/c1-14-5-7-16(8-6-14)19-18(13-21-23(4)20(19)24)15-9-11-17(12-10-15)22(2)3/h5-13H,1-4H3. The molecule has 0 saturated carbocycles. The average molecular weight is 319 g/mol. The van der Waals surface area contributed by atoms with Gasteiger partial charge in [-0.3, -0.25) is 4.79 Å². The molecule has 0 radical (unpaired) electrons. The molecule has 0 aliphatic carbocycles.